The highest BCUT2D eigenvalue weighted by molar-refractivity contribution is 7.89. The van der Waals surface area contributed by atoms with Gasteiger partial charge in [0.05, 0.1) is 35.3 Å². The second-order valence-electron chi connectivity index (χ2n) is 7.31. The lowest BCUT2D eigenvalue weighted by atomic mass is 10.1. The normalized spacial score (nSPS) is 18.8. The summed E-state index contributed by atoms with van der Waals surface area (Å²) in [5.74, 6) is -0.877. The number of benzene rings is 2. The second-order valence-corrected chi connectivity index (χ2v) is 10.7. The first-order valence-electron chi connectivity index (χ1n) is 9.53. The fourth-order valence-electron chi connectivity index (χ4n) is 3.89. The van der Waals surface area contributed by atoms with E-state index < -0.39 is 38.7 Å². The number of para-hydroxylation sites is 1. The number of fused-ring (bicyclic) bond motifs is 3. The molecule has 0 fully saturated rings. The quantitative estimate of drug-likeness (QED) is 0.541. The summed E-state index contributed by atoms with van der Waals surface area (Å²) in [6.07, 6.45) is -0.0144. The maximum Gasteiger partial charge on any atom is 0.310 e. The monoisotopic (exact) mass is 464 g/mol. The zero-order valence-electron chi connectivity index (χ0n) is 16.9. The summed E-state index contributed by atoms with van der Waals surface area (Å²) < 4.78 is 60.4. The van der Waals surface area contributed by atoms with E-state index in [0.717, 1.165) is 23.0 Å². The predicted molar refractivity (Wildman–Crippen MR) is 114 cm³/mol. The molecule has 31 heavy (non-hydrogen) atoms. The Morgan fingerprint density at radius 2 is 1.90 bits per heavy atom. The van der Waals surface area contributed by atoms with Crippen LogP contribution in [0.15, 0.2) is 58.5 Å². The van der Waals surface area contributed by atoms with Gasteiger partial charge in [-0.1, -0.05) is 18.2 Å². The SMILES string of the molecule is COC(=O)Cc1c2n(c3ccccc13)C[C@H](N(C)S(=O)(=O)c1ccc(F)cc1)CS2=O. The molecule has 2 heterocycles. The molecule has 1 aromatic heterocycles. The number of rotatable bonds is 5. The summed E-state index contributed by atoms with van der Waals surface area (Å²) in [5.41, 5.74) is 1.42. The van der Waals surface area contributed by atoms with E-state index in [0.29, 0.717) is 10.6 Å². The Kier molecular flexibility index (Phi) is 5.71. The molecular formula is C21H21FN2O5S2. The van der Waals surface area contributed by atoms with E-state index in [1.54, 1.807) is 0 Å². The molecule has 1 aliphatic rings. The Morgan fingerprint density at radius 1 is 1.23 bits per heavy atom. The third kappa shape index (κ3) is 3.79. The zero-order chi connectivity index (χ0) is 22.3. The van der Waals surface area contributed by atoms with Gasteiger partial charge in [0.1, 0.15) is 10.8 Å². The van der Waals surface area contributed by atoms with Crippen molar-refractivity contribution in [2.75, 3.05) is 19.9 Å². The largest absolute Gasteiger partial charge is 0.469 e. The van der Waals surface area contributed by atoms with Crippen LogP contribution in [-0.4, -0.2) is 53.4 Å². The van der Waals surface area contributed by atoms with Crippen molar-refractivity contribution < 1.29 is 26.5 Å². The highest BCUT2D eigenvalue weighted by Gasteiger charge is 2.36. The molecule has 2 aromatic carbocycles. The molecule has 0 saturated carbocycles. The summed E-state index contributed by atoms with van der Waals surface area (Å²) in [6.45, 7) is 0.277. The minimum absolute atomic E-state index is 0.0144. The number of hydrogen-bond donors (Lipinski definition) is 0. The Morgan fingerprint density at radius 3 is 2.58 bits per heavy atom. The van der Waals surface area contributed by atoms with Crippen LogP contribution in [0.2, 0.25) is 0 Å². The van der Waals surface area contributed by atoms with Crippen molar-refractivity contribution in [2.45, 2.75) is 28.9 Å². The molecule has 0 amide bonds. The third-order valence-electron chi connectivity index (χ3n) is 5.53. The molecule has 7 nitrogen and oxygen atoms in total. The first kappa shape index (κ1) is 21.7. The van der Waals surface area contributed by atoms with Crippen molar-refractivity contribution in [3.63, 3.8) is 0 Å². The molecule has 0 N–H and O–H groups in total. The average Bonchev–Trinajstić information content (AvgIpc) is 3.07. The van der Waals surface area contributed by atoms with Gasteiger partial charge in [-0.15, -0.1) is 0 Å². The minimum Gasteiger partial charge on any atom is -0.469 e. The van der Waals surface area contributed by atoms with E-state index in [9.17, 15) is 21.8 Å². The van der Waals surface area contributed by atoms with Crippen molar-refractivity contribution in [1.82, 2.24) is 8.87 Å². The van der Waals surface area contributed by atoms with Gasteiger partial charge < -0.3 is 9.30 Å². The van der Waals surface area contributed by atoms with Crippen LogP contribution in [0.4, 0.5) is 4.39 Å². The number of esters is 1. The van der Waals surface area contributed by atoms with E-state index in [-0.39, 0.29) is 23.6 Å². The number of hydrogen-bond acceptors (Lipinski definition) is 5. The molecule has 1 unspecified atom stereocenters. The molecule has 0 saturated heterocycles. The van der Waals surface area contributed by atoms with Crippen LogP contribution in [0.1, 0.15) is 5.56 Å². The van der Waals surface area contributed by atoms with Gasteiger partial charge in [0.15, 0.2) is 0 Å². The van der Waals surface area contributed by atoms with E-state index in [1.807, 2.05) is 28.8 Å². The van der Waals surface area contributed by atoms with Crippen molar-refractivity contribution in [3.05, 3.63) is 59.9 Å². The highest BCUT2D eigenvalue weighted by atomic mass is 32.2. The Labute approximate surface area is 181 Å². The van der Waals surface area contributed by atoms with Gasteiger partial charge in [-0.2, -0.15) is 4.31 Å². The average molecular weight is 465 g/mol. The second kappa shape index (κ2) is 8.18. The van der Waals surface area contributed by atoms with Crippen LogP contribution in [0.3, 0.4) is 0 Å². The standard InChI is InChI=1S/C21H21FN2O5S2/c1-23(31(27,28)16-9-7-14(22)8-10-16)15-12-24-19-6-4-3-5-17(19)18(11-20(25)29-2)21(24)30(26)13-15/h3-10,15H,11-13H2,1-2H3/t15-,30?/m0/s1. The van der Waals surface area contributed by atoms with Gasteiger partial charge in [0.25, 0.3) is 0 Å². The number of carbonyl (C=O) groups is 1. The molecule has 4 rings (SSSR count). The number of halogens is 1. The van der Waals surface area contributed by atoms with E-state index >= 15 is 0 Å². The predicted octanol–water partition coefficient (Wildman–Crippen LogP) is 2.31. The lowest BCUT2D eigenvalue weighted by Crippen LogP contribution is -2.45. The number of carbonyl (C=O) groups excluding carboxylic acids is 1. The number of likely N-dealkylation sites (N-methyl/N-ethyl adjacent to an activating group) is 1. The first-order chi connectivity index (χ1) is 14.7. The molecule has 0 bridgehead atoms. The Balaban J connectivity index is 1.75. The highest BCUT2D eigenvalue weighted by Crippen LogP contribution is 2.34. The number of aromatic nitrogens is 1. The van der Waals surface area contributed by atoms with Crippen LogP contribution in [0, 0.1) is 5.82 Å². The van der Waals surface area contributed by atoms with Crippen molar-refractivity contribution in [3.8, 4) is 0 Å². The Bertz CT molecular complexity index is 1290. The summed E-state index contributed by atoms with van der Waals surface area (Å²) in [4.78, 5) is 11.9. The smallest absolute Gasteiger partial charge is 0.310 e. The molecule has 2 atom stereocenters. The summed E-state index contributed by atoms with van der Waals surface area (Å²) in [7, 11) is -2.70. The van der Waals surface area contributed by atoms with Gasteiger partial charge in [-0.05, 0) is 30.3 Å². The molecule has 0 spiro atoms. The van der Waals surface area contributed by atoms with Gasteiger partial charge >= 0.3 is 5.97 Å². The van der Waals surface area contributed by atoms with Crippen LogP contribution >= 0.6 is 0 Å². The molecule has 1 aliphatic heterocycles. The van der Waals surface area contributed by atoms with Crippen LogP contribution < -0.4 is 0 Å². The van der Waals surface area contributed by atoms with E-state index in [2.05, 4.69) is 0 Å². The molecule has 0 radical (unpaired) electrons. The first-order valence-corrected chi connectivity index (χ1v) is 12.3. The van der Waals surface area contributed by atoms with Crippen LogP contribution in [-0.2, 0) is 43.3 Å². The lowest BCUT2D eigenvalue weighted by Gasteiger charge is -2.32. The Hall–Kier alpha value is -2.56. The van der Waals surface area contributed by atoms with Crippen molar-refractivity contribution in [1.29, 1.82) is 0 Å². The molecule has 0 aliphatic carbocycles. The fourth-order valence-corrected chi connectivity index (χ4v) is 7.04. The van der Waals surface area contributed by atoms with Crippen molar-refractivity contribution in [2.24, 2.45) is 0 Å². The third-order valence-corrected chi connectivity index (χ3v) is 9.04. The van der Waals surface area contributed by atoms with E-state index in [4.69, 9.17) is 4.74 Å². The molecular weight excluding hydrogens is 443 g/mol. The minimum atomic E-state index is -3.91. The zero-order valence-corrected chi connectivity index (χ0v) is 18.6. The topological polar surface area (TPSA) is 85.7 Å². The van der Waals surface area contributed by atoms with Crippen molar-refractivity contribution >= 4 is 37.7 Å². The van der Waals surface area contributed by atoms with Gasteiger partial charge in [0.2, 0.25) is 10.0 Å². The van der Waals surface area contributed by atoms with Crippen LogP contribution in [0.5, 0.6) is 0 Å². The molecule has 10 heteroatoms. The van der Waals surface area contributed by atoms with E-state index in [1.165, 1.54) is 30.6 Å². The summed E-state index contributed by atoms with van der Waals surface area (Å²) in [5, 5.41) is 1.32. The molecule has 3 aromatic rings. The van der Waals surface area contributed by atoms with Crippen LogP contribution in [0.25, 0.3) is 10.9 Å². The van der Waals surface area contributed by atoms with Gasteiger partial charge in [0, 0.05) is 35.8 Å². The summed E-state index contributed by atoms with van der Waals surface area (Å²) in [6, 6.07) is 11.4. The number of sulfonamides is 1. The fraction of sp³-hybridized carbons (Fsp3) is 0.286. The van der Waals surface area contributed by atoms with Gasteiger partial charge in [-0.25, -0.2) is 12.8 Å². The lowest BCUT2D eigenvalue weighted by molar-refractivity contribution is -0.139. The molecule has 164 valence electrons. The number of methoxy groups -OCH3 is 1. The maximum atomic E-state index is 13.2. The summed E-state index contributed by atoms with van der Waals surface area (Å²) >= 11 is 0. The maximum absolute atomic E-state index is 13.2. The number of nitrogens with zero attached hydrogens (tertiary/aromatic N) is 2. The number of ether oxygens (including phenoxy) is 1. The van der Waals surface area contributed by atoms with Gasteiger partial charge in [-0.3, -0.25) is 9.00 Å².